The zero-order chi connectivity index (χ0) is 15.7. The van der Waals surface area contributed by atoms with Gasteiger partial charge in [-0.2, -0.15) is 0 Å². The van der Waals surface area contributed by atoms with Crippen LogP contribution in [0.2, 0.25) is 0 Å². The number of carbonyl (C=O) groups is 1. The number of rotatable bonds is 3. The average Bonchev–Trinajstić information content (AvgIpc) is 2.51. The summed E-state index contributed by atoms with van der Waals surface area (Å²) in [6.45, 7) is 2.51. The van der Waals surface area contributed by atoms with Crippen LogP contribution in [0, 0.1) is 17.0 Å². The maximum Gasteiger partial charge on any atom is 0.269 e. The van der Waals surface area contributed by atoms with Gasteiger partial charge in [0.05, 0.1) is 11.5 Å². The number of amides is 1. The molecule has 0 aliphatic carbocycles. The summed E-state index contributed by atoms with van der Waals surface area (Å²) in [7, 11) is 0. The number of hydrogen-bond acceptors (Lipinski definition) is 3. The van der Waals surface area contributed by atoms with Crippen molar-refractivity contribution >= 4 is 17.3 Å². The SMILES string of the molecule is Cc1ccccc1CN1C(=O)CCc2cc([N+](=O)[O-])ccc21. The van der Waals surface area contributed by atoms with Gasteiger partial charge in [0.15, 0.2) is 0 Å². The molecule has 1 aliphatic heterocycles. The third-order valence-corrected chi connectivity index (χ3v) is 4.06. The highest BCUT2D eigenvalue weighted by molar-refractivity contribution is 5.96. The second-order valence-electron chi connectivity index (χ2n) is 5.48. The summed E-state index contributed by atoms with van der Waals surface area (Å²) in [6, 6.07) is 12.7. The molecule has 1 aliphatic rings. The number of anilines is 1. The van der Waals surface area contributed by atoms with E-state index in [1.807, 2.05) is 31.2 Å². The lowest BCUT2D eigenvalue weighted by Crippen LogP contribution is -2.34. The van der Waals surface area contributed by atoms with Crippen molar-refractivity contribution in [2.45, 2.75) is 26.3 Å². The predicted octanol–water partition coefficient (Wildman–Crippen LogP) is 3.38. The maximum absolute atomic E-state index is 12.3. The van der Waals surface area contributed by atoms with Crippen LogP contribution in [0.1, 0.15) is 23.1 Å². The maximum atomic E-state index is 12.3. The van der Waals surface area contributed by atoms with Crippen molar-refractivity contribution in [1.82, 2.24) is 0 Å². The quantitative estimate of drug-likeness (QED) is 0.644. The van der Waals surface area contributed by atoms with Crippen molar-refractivity contribution in [1.29, 1.82) is 0 Å². The number of hydrogen-bond donors (Lipinski definition) is 0. The highest BCUT2D eigenvalue weighted by Crippen LogP contribution is 2.32. The fourth-order valence-electron chi connectivity index (χ4n) is 2.79. The van der Waals surface area contributed by atoms with Crippen molar-refractivity contribution in [3.8, 4) is 0 Å². The lowest BCUT2D eigenvalue weighted by Gasteiger charge is -2.29. The summed E-state index contributed by atoms with van der Waals surface area (Å²) in [4.78, 5) is 24.5. The minimum Gasteiger partial charge on any atom is -0.308 e. The Hall–Kier alpha value is -2.69. The van der Waals surface area contributed by atoms with Crippen molar-refractivity contribution in [3.63, 3.8) is 0 Å². The Kier molecular flexibility index (Phi) is 3.63. The molecule has 22 heavy (non-hydrogen) atoms. The second kappa shape index (κ2) is 5.60. The molecule has 0 fully saturated rings. The molecular formula is C17H16N2O3. The molecule has 1 amide bonds. The molecule has 2 aromatic carbocycles. The van der Waals surface area contributed by atoms with E-state index in [-0.39, 0.29) is 11.6 Å². The largest absolute Gasteiger partial charge is 0.308 e. The van der Waals surface area contributed by atoms with E-state index in [2.05, 4.69) is 0 Å². The molecule has 2 aromatic rings. The van der Waals surface area contributed by atoms with Crippen LogP contribution in [0.3, 0.4) is 0 Å². The summed E-state index contributed by atoms with van der Waals surface area (Å²) < 4.78 is 0. The molecule has 0 saturated carbocycles. The summed E-state index contributed by atoms with van der Waals surface area (Å²) in [6.07, 6.45) is 0.945. The van der Waals surface area contributed by atoms with E-state index in [0.717, 1.165) is 22.4 Å². The lowest BCUT2D eigenvalue weighted by atomic mass is 9.99. The van der Waals surface area contributed by atoms with Gasteiger partial charge in [-0.1, -0.05) is 24.3 Å². The van der Waals surface area contributed by atoms with Crippen molar-refractivity contribution in [2.24, 2.45) is 0 Å². The number of nitro benzene ring substituents is 1. The van der Waals surface area contributed by atoms with Gasteiger partial charge in [-0.3, -0.25) is 14.9 Å². The number of fused-ring (bicyclic) bond motifs is 1. The number of nitrogens with zero attached hydrogens (tertiary/aromatic N) is 2. The van der Waals surface area contributed by atoms with Gasteiger partial charge >= 0.3 is 0 Å². The first-order chi connectivity index (χ1) is 10.6. The van der Waals surface area contributed by atoms with Gasteiger partial charge in [-0.15, -0.1) is 0 Å². The number of benzene rings is 2. The zero-order valence-corrected chi connectivity index (χ0v) is 12.3. The predicted molar refractivity (Wildman–Crippen MR) is 83.8 cm³/mol. The topological polar surface area (TPSA) is 63.5 Å². The molecule has 0 N–H and O–H groups in total. The van der Waals surface area contributed by atoms with Crippen molar-refractivity contribution in [2.75, 3.05) is 4.90 Å². The standard InChI is InChI=1S/C17H16N2O3/c1-12-4-2-3-5-14(12)11-18-16-8-7-15(19(21)22)10-13(16)6-9-17(18)20/h2-5,7-8,10H,6,9,11H2,1H3. The molecular weight excluding hydrogens is 280 g/mol. The molecule has 0 spiro atoms. The van der Waals surface area contributed by atoms with Crippen molar-refractivity contribution in [3.05, 3.63) is 69.3 Å². The molecule has 0 atom stereocenters. The van der Waals surface area contributed by atoms with E-state index in [4.69, 9.17) is 0 Å². The van der Waals surface area contributed by atoms with Crippen LogP contribution in [0.25, 0.3) is 0 Å². The Morgan fingerprint density at radius 1 is 1.18 bits per heavy atom. The first-order valence-corrected chi connectivity index (χ1v) is 7.18. The number of carbonyl (C=O) groups excluding carboxylic acids is 1. The smallest absolute Gasteiger partial charge is 0.269 e. The van der Waals surface area contributed by atoms with Gasteiger partial charge in [0.1, 0.15) is 0 Å². The lowest BCUT2D eigenvalue weighted by molar-refractivity contribution is -0.384. The van der Waals surface area contributed by atoms with E-state index in [0.29, 0.717) is 19.4 Å². The number of aryl methyl sites for hydroxylation is 2. The third kappa shape index (κ3) is 2.57. The van der Waals surface area contributed by atoms with E-state index in [9.17, 15) is 14.9 Å². The summed E-state index contributed by atoms with van der Waals surface area (Å²) in [5.74, 6) is 0.0598. The van der Waals surface area contributed by atoms with Crippen LogP contribution in [0.15, 0.2) is 42.5 Å². The van der Waals surface area contributed by atoms with Gasteiger partial charge in [-0.05, 0) is 36.1 Å². The summed E-state index contributed by atoms with van der Waals surface area (Å²) in [5.41, 5.74) is 3.93. The first-order valence-electron chi connectivity index (χ1n) is 7.18. The minimum absolute atomic E-state index is 0.0598. The molecule has 3 rings (SSSR count). The van der Waals surface area contributed by atoms with E-state index in [1.165, 1.54) is 6.07 Å². The Morgan fingerprint density at radius 2 is 1.95 bits per heavy atom. The zero-order valence-electron chi connectivity index (χ0n) is 12.3. The highest BCUT2D eigenvalue weighted by atomic mass is 16.6. The monoisotopic (exact) mass is 296 g/mol. The molecule has 0 saturated heterocycles. The van der Waals surface area contributed by atoms with Crippen LogP contribution in [0.5, 0.6) is 0 Å². The van der Waals surface area contributed by atoms with Gasteiger partial charge in [0, 0.05) is 24.2 Å². The van der Waals surface area contributed by atoms with E-state index >= 15 is 0 Å². The van der Waals surface area contributed by atoms with Crippen LogP contribution >= 0.6 is 0 Å². The van der Waals surface area contributed by atoms with Crippen LogP contribution < -0.4 is 4.90 Å². The molecule has 0 radical (unpaired) electrons. The van der Waals surface area contributed by atoms with Crippen LogP contribution in [0.4, 0.5) is 11.4 Å². The normalized spacial score (nSPS) is 13.9. The van der Waals surface area contributed by atoms with Crippen molar-refractivity contribution < 1.29 is 9.72 Å². The number of non-ortho nitro benzene ring substituents is 1. The molecule has 0 unspecified atom stereocenters. The molecule has 0 bridgehead atoms. The van der Waals surface area contributed by atoms with Gasteiger partial charge in [0.2, 0.25) is 5.91 Å². The molecule has 5 heteroatoms. The average molecular weight is 296 g/mol. The Bertz CT molecular complexity index is 755. The summed E-state index contributed by atoms with van der Waals surface area (Å²) >= 11 is 0. The van der Waals surface area contributed by atoms with E-state index < -0.39 is 4.92 Å². The second-order valence-corrected chi connectivity index (χ2v) is 5.48. The first kappa shape index (κ1) is 14.3. The summed E-state index contributed by atoms with van der Waals surface area (Å²) in [5, 5.41) is 10.9. The Labute approximate surface area is 128 Å². The highest BCUT2D eigenvalue weighted by Gasteiger charge is 2.26. The van der Waals surface area contributed by atoms with Gasteiger partial charge < -0.3 is 4.90 Å². The molecule has 5 nitrogen and oxygen atoms in total. The van der Waals surface area contributed by atoms with Crippen LogP contribution in [-0.4, -0.2) is 10.8 Å². The van der Waals surface area contributed by atoms with Gasteiger partial charge in [0.25, 0.3) is 5.69 Å². The third-order valence-electron chi connectivity index (χ3n) is 4.06. The fourth-order valence-corrected chi connectivity index (χ4v) is 2.79. The Morgan fingerprint density at radius 3 is 2.68 bits per heavy atom. The van der Waals surface area contributed by atoms with Gasteiger partial charge in [-0.25, -0.2) is 0 Å². The van der Waals surface area contributed by atoms with Crippen LogP contribution in [-0.2, 0) is 17.8 Å². The van der Waals surface area contributed by atoms with E-state index in [1.54, 1.807) is 17.0 Å². The number of nitro groups is 1. The molecule has 1 heterocycles. The molecule has 112 valence electrons. The Balaban J connectivity index is 1.97. The minimum atomic E-state index is -0.400. The molecule has 0 aromatic heterocycles. The fraction of sp³-hybridized carbons (Fsp3) is 0.235.